The Bertz CT molecular complexity index is 2110. The molecule has 8 rings (SSSR count). The van der Waals surface area contributed by atoms with E-state index < -0.39 is 6.17 Å². The van der Waals surface area contributed by atoms with E-state index in [-0.39, 0.29) is 6.17 Å². The van der Waals surface area contributed by atoms with Gasteiger partial charge in [0.2, 0.25) is 0 Å². The zero-order valence-electron chi connectivity index (χ0n) is 21.4. The van der Waals surface area contributed by atoms with Crippen molar-refractivity contribution in [2.75, 3.05) is 0 Å². The number of nitrogens with zero attached hydrogens (tertiary/aromatic N) is 2. The average molecular weight is 537 g/mol. The van der Waals surface area contributed by atoms with Gasteiger partial charge in [0.25, 0.3) is 0 Å². The van der Waals surface area contributed by atoms with Crippen molar-refractivity contribution in [2.24, 2.45) is 4.99 Å². The third-order valence-corrected chi connectivity index (χ3v) is 8.01. The van der Waals surface area contributed by atoms with Crippen LogP contribution in [0.3, 0.4) is 0 Å². The smallest absolute Gasteiger partial charge is 0.135 e. The Morgan fingerprint density at radius 2 is 1.43 bits per heavy atom. The molecule has 1 aliphatic heterocycles. The van der Waals surface area contributed by atoms with Gasteiger partial charge < -0.3 is 15.1 Å². The van der Waals surface area contributed by atoms with Crippen LogP contribution in [0.15, 0.2) is 131 Å². The Balaban J connectivity index is 1.31. The summed E-state index contributed by atoms with van der Waals surface area (Å²) in [6.07, 6.45) is -0.790. The molecule has 1 aliphatic rings. The lowest BCUT2D eigenvalue weighted by Gasteiger charge is -2.44. The summed E-state index contributed by atoms with van der Waals surface area (Å²) in [5.41, 5.74) is 4.72. The summed E-state index contributed by atoms with van der Waals surface area (Å²) >= 11 is 6.76. The van der Waals surface area contributed by atoms with Crippen molar-refractivity contribution in [1.82, 2.24) is 5.32 Å². The first-order chi connectivity index (χ1) is 19.7. The lowest BCUT2D eigenvalue weighted by Crippen LogP contribution is -2.34. The van der Waals surface area contributed by atoms with E-state index in [9.17, 15) is 0 Å². The molecule has 0 bridgehead atoms. The molecule has 0 spiro atoms. The molecule has 7 aromatic rings. The molecule has 2 heterocycles. The highest BCUT2D eigenvalue weighted by Gasteiger charge is 2.21. The van der Waals surface area contributed by atoms with Gasteiger partial charge in [0.15, 0.2) is 0 Å². The number of amidine groups is 1. The minimum Gasteiger partial charge on any atom is -0.613 e. The standard InChI is InChI=1S/C35H23ClN3O/c36-29-20-25(19-23-10-3-4-11-26(23)29)34-37-33(24-17-16-21-8-1-2-9-22(21)18-24)38-35(39-34)28-13-7-15-31-32(28)27-12-5-6-14-30(27)40-31/h1-20,34-35H,(H,37,38)/q-1. The number of benzene rings is 6. The van der Waals surface area contributed by atoms with Gasteiger partial charge in [-0.25, -0.2) is 0 Å². The third kappa shape index (κ3) is 3.84. The lowest BCUT2D eigenvalue weighted by molar-refractivity contribution is 0.633. The van der Waals surface area contributed by atoms with E-state index in [0.717, 1.165) is 60.6 Å². The fourth-order valence-electron chi connectivity index (χ4n) is 5.78. The second kappa shape index (κ2) is 9.23. The molecule has 0 aliphatic carbocycles. The monoisotopic (exact) mass is 536 g/mol. The lowest BCUT2D eigenvalue weighted by atomic mass is 10.00. The molecular weight excluding hydrogens is 514 g/mol. The summed E-state index contributed by atoms with van der Waals surface area (Å²) in [6, 6.07) is 41.4. The van der Waals surface area contributed by atoms with Gasteiger partial charge in [-0.3, -0.25) is 4.99 Å². The summed E-state index contributed by atoms with van der Waals surface area (Å²) in [7, 11) is 0. The van der Waals surface area contributed by atoms with Crippen molar-refractivity contribution in [3.63, 3.8) is 0 Å². The molecule has 5 heteroatoms. The van der Waals surface area contributed by atoms with E-state index in [1.807, 2.05) is 54.6 Å². The van der Waals surface area contributed by atoms with Gasteiger partial charge in [0.1, 0.15) is 17.0 Å². The van der Waals surface area contributed by atoms with Crippen LogP contribution < -0.4 is 5.32 Å². The van der Waals surface area contributed by atoms with Crippen molar-refractivity contribution in [2.45, 2.75) is 12.3 Å². The molecule has 0 fully saturated rings. The first-order valence-electron chi connectivity index (χ1n) is 13.3. The Labute approximate surface area is 235 Å². The summed E-state index contributed by atoms with van der Waals surface area (Å²) in [4.78, 5) is 5.14. The fourth-order valence-corrected chi connectivity index (χ4v) is 6.08. The van der Waals surface area contributed by atoms with E-state index in [2.05, 4.69) is 72.0 Å². The van der Waals surface area contributed by atoms with Crippen molar-refractivity contribution >= 4 is 60.9 Å². The second-order valence-electron chi connectivity index (χ2n) is 10.2. The predicted molar refractivity (Wildman–Crippen MR) is 165 cm³/mol. The summed E-state index contributed by atoms with van der Waals surface area (Å²) in [5, 5.41) is 16.2. The van der Waals surface area contributed by atoms with E-state index in [0.29, 0.717) is 5.02 Å². The average Bonchev–Trinajstić information content (AvgIpc) is 3.39. The largest absolute Gasteiger partial charge is 0.613 e. The van der Waals surface area contributed by atoms with Crippen LogP contribution in [0.4, 0.5) is 0 Å². The number of hydrogen-bond donors (Lipinski definition) is 1. The fraction of sp³-hybridized carbons (Fsp3) is 0.0571. The highest BCUT2D eigenvalue weighted by atomic mass is 35.5. The third-order valence-electron chi connectivity index (χ3n) is 7.70. The molecule has 192 valence electrons. The van der Waals surface area contributed by atoms with Crippen LogP contribution in [0.5, 0.6) is 0 Å². The summed E-state index contributed by atoms with van der Waals surface area (Å²) < 4.78 is 6.20. The maximum absolute atomic E-state index is 6.76. The van der Waals surface area contributed by atoms with Crippen LogP contribution in [0.1, 0.15) is 29.0 Å². The predicted octanol–water partition coefficient (Wildman–Crippen LogP) is 9.67. The molecule has 2 atom stereocenters. The Hall–Kier alpha value is -4.64. The minimum atomic E-state index is -0.441. The minimum absolute atomic E-state index is 0.348. The van der Waals surface area contributed by atoms with Crippen molar-refractivity contribution < 1.29 is 4.42 Å². The zero-order valence-corrected chi connectivity index (χ0v) is 22.1. The molecule has 0 saturated carbocycles. The van der Waals surface area contributed by atoms with Crippen LogP contribution in [0.25, 0.3) is 48.8 Å². The van der Waals surface area contributed by atoms with Crippen LogP contribution in [-0.2, 0) is 0 Å². The summed E-state index contributed by atoms with van der Waals surface area (Å²) in [6.45, 7) is 0. The molecule has 0 amide bonds. The first kappa shape index (κ1) is 23.3. The SMILES string of the molecule is Clc1cc(C2N=C(c3ccc4ccccc4c3)NC(c3cccc4oc5ccccc5c34)[N-]2)cc2ccccc12. The molecule has 6 aromatic carbocycles. The molecule has 2 unspecified atom stereocenters. The number of hydrogen-bond acceptors (Lipinski definition) is 3. The van der Waals surface area contributed by atoms with Gasteiger partial charge in [-0.05, 0) is 63.9 Å². The highest BCUT2D eigenvalue weighted by Crippen LogP contribution is 2.42. The normalized spacial score (nSPS) is 17.4. The molecule has 0 radical (unpaired) electrons. The van der Waals surface area contributed by atoms with Crippen molar-refractivity contribution in [1.29, 1.82) is 0 Å². The van der Waals surface area contributed by atoms with Gasteiger partial charge in [0.05, 0.1) is 0 Å². The number of halogens is 1. The molecular formula is C35H23ClN3O-. The first-order valence-corrected chi connectivity index (χ1v) is 13.7. The molecule has 4 nitrogen and oxygen atoms in total. The van der Waals surface area contributed by atoms with Gasteiger partial charge in [-0.15, -0.1) is 0 Å². The van der Waals surface area contributed by atoms with E-state index in [1.54, 1.807) is 0 Å². The van der Waals surface area contributed by atoms with Crippen molar-refractivity contribution in [3.8, 4) is 0 Å². The van der Waals surface area contributed by atoms with Crippen LogP contribution in [-0.4, -0.2) is 5.84 Å². The van der Waals surface area contributed by atoms with Gasteiger partial charge in [0, 0.05) is 26.7 Å². The maximum Gasteiger partial charge on any atom is 0.135 e. The molecule has 40 heavy (non-hydrogen) atoms. The number of nitrogens with one attached hydrogen (secondary N) is 1. The maximum atomic E-state index is 6.76. The van der Waals surface area contributed by atoms with Crippen LogP contribution in [0, 0.1) is 0 Å². The second-order valence-corrected chi connectivity index (χ2v) is 10.6. The Morgan fingerprint density at radius 1 is 0.675 bits per heavy atom. The summed E-state index contributed by atoms with van der Waals surface area (Å²) in [5.74, 6) is 0.796. The highest BCUT2D eigenvalue weighted by molar-refractivity contribution is 6.35. The van der Waals surface area contributed by atoms with Gasteiger partial charge >= 0.3 is 0 Å². The number of furan rings is 1. The zero-order chi connectivity index (χ0) is 26.6. The number of aliphatic imine (C=N–C) groups is 1. The topological polar surface area (TPSA) is 51.6 Å². The Morgan fingerprint density at radius 3 is 2.33 bits per heavy atom. The number of fused-ring (bicyclic) bond motifs is 5. The van der Waals surface area contributed by atoms with E-state index in [4.69, 9.17) is 26.3 Å². The number of para-hydroxylation sites is 1. The van der Waals surface area contributed by atoms with Gasteiger partial charge in [-0.2, -0.15) is 0 Å². The van der Waals surface area contributed by atoms with Crippen LogP contribution in [0.2, 0.25) is 5.02 Å². The van der Waals surface area contributed by atoms with Gasteiger partial charge in [-0.1, -0.05) is 109 Å². The molecule has 1 N–H and O–H groups in total. The van der Waals surface area contributed by atoms with Crippen molar-refractivity contribution in [3.05, 3.63) is 148 Å². The number of rotatable bonds is 3. The quantitative estimate of drug-likeness (QED) is 0.244. The van der Waals surface area contributed by atoms with E-state index in [1.165, 1.54) is 5.39 Å². The molecule has 1 aromatic heterocycles. The van der Waals surface area contributed by atoms with Crippen LogP contribution >= 0.6 is 11.6 Å². The Kier molecular flexibility index (Phi) is 5.37. The van der Waals surface area contributed by atoms with E-state index >= 15 is 0 Å². The molecule has 0 saturated heterocycles.